The van der Waals surface area contributed by atoms with Gasteiger partial charge in [0.1, 0.15) is 11.3 Å². The monoisotopic (exact) mass is 550 g/mol. The average molecular weight is 551 g/mol. The van der Waals surface area contributed by atoms with Crippen molar-refractivity contribution >= 4 is 49.4 Å². The largest absolute Gasteiger partial charge is 0.460 e. The highest BCUT2D eigenvalue weighted by Gasteiger charge is 2.68. The normalized spacial score (nSPS) is 25.0. The number of furan rings is 1. The highest BCUT2D eigenvalue weighted by Crippen LogP contribution is 2.76. The zero-order valence-electron chi connectivity index (χ0n) is 23.9. The van der Waals surface area contributed by atoms with Crippen LogP contribution in [0, 0.1) is 17.3 Å². The number of fused-ring (bicyclic) bond motifs is 3. The van der Waals surface area contributed by atoms with Crippen LogP contribution in [0.25, 0.3) is 71.6 Å². The summed E-state index contributed by atoms with van der Waals surface area (Å²) in [6, 6.07) is 34.6. The maximum atomic E-state index is 6.43. The summed E-state index contributed by atoms with van der Waals surface area (Å²) >= 11 is 0. The van der Waals surface area contributed by atoms with Crippen molar-refractivity contribution < 1.29 is 4.42 Å². The second-order valence-corrected chi connectivity index (χ2v) is 13.6. The van der Waals surface area contributed by atoms with Crippen molar-refractivity contribution in [2.75, 3.05) is 0 Å². The fourth-order valence-corrected chi connectivity index (χ4v) is 9.44. The van der Waals surface area contributed by atoms with Crippen molar-refractivity contribution in [3.8, 4) is 22.3 Å². The maximum Gasteiger partial charge on any atom is 0.142 e. The number of aryl methyl sites for hydroxylation is 1. The predicted molar refractivity (Wildman–Crippen MR) is 179 cm³/mol. The lowest BCUT2D eigenvalue weighted by atomic mass is 9.79. The first-order valence-corrected chi connectivity index (χ1v) is 16.0. The third-order valence-corrected chi connectivity index (χ3v) is 11.7. The molecule has 0 amide bonds. The van der Waals surface area contributed by atoms with Gasteiger partial charge in [0.05, 0.1) is 0 Å². The molecule has 2 fully saturated rings. The predicted octanol–water partition coefficient (Wildman–Crippen LogP) is 11.3. The average Bonchev–Trinajstić information content (AvgIpc) is 3.66. The Morgan fingerprint density at radius 3 is 2.23 bits per heavy atom. The third-order valence-electron chi connectivity index (χ3n) is 11.7. The van der Waals surface area contributed by atoms with Crippen molar-refractivity contribution in [2.24, 2.45) is 17.3 Å². The van der Waals surface area contributed by atoms with E-state index < -0.39 is 0 Å². The van der Waals surface area contributed by atoms with E-state index in [-0.39, 0.29) is 0 Å². The first-order chi connectivity index (χ1) is 21.3. The van der Waals surface area contributed by atoms with E-state index in [0.29, 0.717) is 11.3 Å². The fraction of sp³-hybridized carbons (Fsp3) is 0.190. The Morgan fingerprint density at radius 2 is 1.47 bits per heavy atom. The van der Waals surface area contributed by atoms with Gasteiger partial charge in [-0.05, 0) is 97.0 Å². The van der Waals surface area contributed by atoms with Crippen LogP contribution in [0.3, 0.4) is 0 Å². The zero-order chi connectivity index (χ0) is 27.9. The lowest BCUT2D eigenvalue weighted by molar-refractivity contribution is 0.428. The van der Waals surface area contributed by atoms with E-state index in [1.807, 2.05) is 0 Å². The summed E-state index contributed by atoms with van der Waals surface area (Å²) in [6.07, 6.45) is 14.2. The number of hydrogen-bond acceptors (Lipinski definition) is 1. The fourth-order valence-electron chi connectivity index (χ4n) is 9.44. The maximum absolute atomic E-state index is 6.43. The lowest BCUT2D eigenvalue weighted by Crippen LogP contribution is -2.16. The molecule has 7 aromatic rings. The van der Waals surface area contributed by atoms with Gasteiger partial charge in [0.15, 0.2) is 0 Å². The van der Waals surface area contributed by atoms with Gasteiger partial charge in [0, 0.05) is 22.9 Å². The number of rotatable bonds is 3. The molecule has 0 saturated heterocycles. The number of allylic oxidation sites excluding steroid dienone is 3. The summed E-state index contributed by atoms with van der Waals surface area (Å²) in [4.78, 5) is 0. The van der Waals surface area contributed by atoms with Gasteiger partial charge in [-0.2, -0.15) is 0 Å². The van der Waals surface area contributed by atoms with E-state index in [0.717, 1.165) is 36.0 Å². The van der Waals surface area contributed by atoms with E-state index in [9.17, 15) is 0 Å². The molecule has 0 radical (unpaired) electrons. The van der Waals surface area contributed by atoms with Crippen LogP contribution in [0.4, 0.5) is 0 Å². The van der Waals surface area contributed by atoms with Crippen LogP contribution in [0.15, 0.2) is 114 Å². The molecular formula is C42H30O. The van der Waals surface area contributed by atoms with E-state index in [4.69, 9.17) is 4.42 Å². The molecule has 1 heterocycles. The minimum atomic E-state index is 0.562. The molecule has 4 atom stereocenters. The first kappa shape index (κ1) is 22.9. The van der Waals surface area contributed by atoms with Crippen molar-refractivity contribution in [1.82, 2.24) is 0 Å². The first-order valence-electron chi connectivity index (χ1n) is 16.0. The van der Waals surface area contributed by atoms with E-state index in [1.54, 1.807) is 5.56 Å². The SMILES string of the molecule is C1=Cc2c(oc3c(-c4ccc(-c5ccc6ccc7c(C8CC9C=CC9%10CC8%10)ccc8ccc5c6c87)cc4)cccc23)CC1. The smallest absolute Gasteiger partial charge is 0.142 e. The third kappa shape index (κ3) is 2.88. The molecule has 4 aliphatic carbocycles. The van der Waals surface area contributed by atoms with Crippen LogP contribution >= 0.6 is 0 Å². The van der Waals surface area contributed by atoms with Crippen molar-refractivity contribution in [1.29, 1.82) is 0 Å². The Balaban J connectivity index is 1.04. The van der Waals surface area contributed by atoms with Gasteiger partial charge in [0.2, 0.25) is 0 Å². The van der Waals surface area contributed by atoms with Gasteiger partial charge in [0.25, 0.3) is 0 Å². The Bertz CT molecular complexity index is 2360. The Morgan fingerprint density at radius 1 is 0.698 bits per heavy atom. The zero-order valence-corrected chi connectivity index (χ0v) is 23.9. The molecule has 11 rings (SSSR count). The van der Waals surface area contributed by atoms with Gasteiger partial charge >= 0.3 is 0 Å². The Kier molecular flexibility index (Phi) is 4.18. The lowest BCUT2D eigenvalue weighted by Gasteiger charge is -2.25. The molecule has 2 saturated carbocycles. The molecule has 4 aliphatic rings. The van der Waals surface area contributed by atoms with Crippen molar-refractivity contribution in [3.63, 3.8) is 0 Å². The van der Waals surface area contributed by atoms with Gasteiger partial charge < -0.3 is 4.42 Å². The number of hydrogen-bond donors (Lipinski definition) is 0. The minimum absolute atomic E-state index is 0.562. The second-order valence-electron chi connectivity index (χ2n) is 13.6. The van der Waals surface area contributed by atoms with Crippen molar-refractivity contribution in [3.05, 3.63) is 126 Å². The van der Waals surface area contributed by atoms with Crippen LogP contribution in [0.1, 0.15) is 42.1 Å². The molecule has 1 spiro atoms. The molecule has 1 aromatic heterocycles. The van der Waals surface area contributed by atoms with E-state index in [1.165, 1.54) is 78.4 Å². The Hall–Kier alpha value is -4.62. The molecule has 204 valence electrons. The summed E-state index contributed by atoms with van der Waals surface area (Å²) in [7, 11) is 0. The molecule has 0 bridgehead atoms. The molecular weight excluding hydrogens is 520 g/mol. The molecule has 43 heavy (non-hydrogen) atoms. The van der Waals surface area contributed by atoms with Crippen molar-refractivity contribution in [2.45, 2.75) is 31.6 Å². The topological polar surface area (TPSA) is 13.1 Å². The van der Waals surface area contributed by atoms with E-state index >= 15 is 0 Å². The van der Waals surface area contributed by atoms with Crippen LogP contribution in [-0.2, 0) is 6.42 Å². The molecule has 1 heteroatoms. The van der Waals surface area contributed by atoms with Gasteiger partial charge in [-0.25, -0.2) is 0 Å². The van der Waals surface area contributed by atoms with Crippen LogP contribution in [0.2, 0.25) is 0 Å². The summed E-state index contributed by atoms with van der Waals surface area (Å²) in [5, 5.41) is 9.61. The van der Waals surface area contributed by atoms with Crippen LogP contribution in [0.5, 0.6) is 0 Å². The van der Waals surface area contributed by atoms with Crippen LogP contribution < -0.4 is 0 Å². The Labute approximate surface area is 250 Å². The van der Waals surface area contributed by atoms with Crippen LogP contribution in [-0.4, -0.2) is 0 Å². The standard InChI is InChI=1S/C42H30O/c1-2-7-38-32(4-1)35-6-3-5-30(41(35)43-38)25-10-8-24(9-11-25)29-16-12-26-15-19-34-31(36-22-28-20-21-42(28)23-37(36)42)17-13-27-14-18-33(29)39(26)40(27)34/h1,3-6,8-21,28,36-37H,2,7,22-23H2. The molecule has 6 aromatic carbocycles. The van der Waals surface area contributed by atoms with Gasteiger partial charge in [-0.3, -0.25) is 0 Å². The summed E-state index contributed by atoms with van der Waals surface area (Å²) < 4.78 is 6.43. The summed E-state index contributed by atoms with van der Waals surface area (Å²) in [5.74, 6) is 3.48. The van der Waals surface area contributed by atoms with Gasteiger partial charge in [-0.15, -0.1) is 0 Å². The summed E-state index contributed by atoms with van der Waals surface area (Å²) in [5.41, 5.74) is 9.34. The van der Waals surface area contributed by atoms with E-state index in [2.05, 4.69) is 115 Å². The molecule has 0 aliphatic heterocycles. The minimum Gasteiger partial charge on any atom is -0.460 e. The number of benzene rings is 6. The molecule has 4 unspecified atom stereocenters. The second kappa shape index (κ2) is 7.85. The highest BCUT2D eigenvalue weighted by molar-refractivity contribution is 6.26. The van der Waals surface area contributed by atoms with Gasteiger partial charge in [-0.1, -0.05) is 115 Å². The molecule has 1 nitrogen and oxygen atoms in total. The number of para-hydroxylation sites is 1. The molecule has 0 N–H and O–H groups in total. The summed E-state index contributed by atoms with van der Waals surface area (Å²) in [6.45, 7) is 0. The quantitative estimate of drug-likeness (QED) is 0.157. The highest BCUT2D eigenvalue weighted by atomic mass is 16.3.